The first kappa shape index (κ1) is 20.1. The Balaban J connectivity index is 1.97. The van der Waals surface area contributed by atoms with E-state index in [1.165, 1.54) is 29.6 Å². The first-order valence-corrected chi connectivity index (χ1v) is 9.48. The van der Waals surface area contributed by atoms with Crippen LogP contribution >= 0.6 is 11.3 Å². The number of nitro groups is 1. The molecule has 0 aliphatic rings. The van der Waals surface area contributed by atoms with Crippen molar-refractivity contribution in [1.29, 1.82) is 0 Å². The van der Waals surface area contributed by atoms with Gasteiger partial charge >= 0.3 is 5.97 Å². The molecule has 2 aromatic heterocycles. The molecule has 0 spiro atoms. The van der Waals surface area contributed by atoms with E-state index >= 15 is 0 Å². The first-order chi connectivity index (χ1) is 13.8. The fourth-order valence-corrected chi connectivity index (χ4v) is 3.76. The number of carboxylic acid groups (broad SMARTS) is 1. The zero-order valence-corrected chi connectivity index (χ0v) is 16.1. The van der Waals surface area contributed by atoms with Crippen LogP contribution in [0.2, 0.25) is 0 Å². The van der Waals surface area contributed by atoms with Crippen LogP contribution in [0.3, 0.4) is 0 Å². The maximum absolute atomic E-state index is 12.9. The Hall–Kier alpha value is -3.60. The second-order valence-electron chi connectivity index (χ2n) is 6.16. The lowest BCUT2D eigenvalue weighted by Gasteiger charge is -2.12. The number of aromatic carboxylic acids is 1. The number of aryl methyl sites for hydroxylation is 1. The van der Waals surface area contributed by atoms with E-state index in [2.05, 4.69) is 10.3 Å². The minimum absolute atomic E-state index is 0.0366. The maximum atomic E-state index is 12.9. The third-order valence-corrected chi connectivity index (χ3v) is 4.99. The normalized spacial score (nSPS) is 10.8. The summed E-state index contributed by atoms with van der Waals surface area (Å²) >= 11 is 1.06. The first-order valence-electron chi connectivity index (χ1n) is 8.60. The molecule has 3 rings (SSSR count). The zero-order chi connectivity index (χ0) is 21.1. The number of thiophene rings is 1. The number of aromatic nitrogens is 2. The third-order valence-electron chi connectivity index (χ3n) is 4.12. The van der Waals surface area contributed by atoms with Crippen molar-refractivity contribution < 1.29 is 19.6 Å². The Labute approximate surface area is 167 Å². The largest absolute Gasteiger partial charge is 0.478 e. The average molecular weight is 416 g/mol. The third kappa shape index (κ3) is 4.14. The molecule has 0 aliphatic carbocycles. The monoisotopic (exact) mass is 416 g/mol. The van der Waals surface area contributed by atoms with E-state index in [9.17, 15) is 29.6 Å². The Morgan fingerprint density at radius 3 is 2.79 bits per heavy atom. The Morgan fingerprint density at radius 2 is 2.14 bits per heavy atom. The predicted molar refractivity (Wildman–Crippen MR) is 107 cm³/mol. The number of carboxylic acids is 1. The molecule has 2 heterocycles. The minimum Gasteiger partial charge on any atom is -0.478 e. The van der Waals surface area contributed by atoms with Gasteiger partial charge in [0.1, 0.15) is 17.2 Å². The van der Waals surface area contributed by atoms with Crippen molar-refractivity contribution in [3.8, 4) is 0 Å². The molecule has 29 heavy (non-hydrogen) atoms. The number of amides is 1. The van der Waals surface area contributed by atoms with Crippen molar-refractivity contribution in [3.63, 3.8) is 0 Å². The average Bonchev–Trinajstić information content (AvgIpc) is 3.09. The van der Waals surface area contributed by atoms with Gasteiger partial charge in [-0.2, -0.15) is 0 Å². The Bertz CT molecular complexity index is 1180. The number of nitro benzene ring substituents is 1. The van der Waals surface area contributed by atoms with Gasteiger partial charge in [-0.05, 0) is 12.5 Å². The number of nitrogens with zero attached hydrogens (tertiary/aromatic N) is 3. The van der Waals surface area contributed by atoms with E-state index < -0.39 is 28.9 Å². The summed E-state index contributed by atoms with van der Waals surface area (Å²) in [5.74, 6) is -1.46. The lowest BCUT2D eigenvalue weighted by Crippen LogP contribution is -2.31. The Morgan fingerprint density at radius 1 is 1.38 bits per heavy atom. The molecule has 0 bridgehead atoms. The molecule has 3 aromatic rings. The number of non-ortho nitro benzene ring substituents is 1. The molecule has 0 unspecified atom stereocenters. The summed E-state index contributed by atoms with van der Waals surface area (Å²) in [6.07, 6.45) is 1.09. The predicted octanol–water partition coefficient (Wildman–Crippen LogP) is 2.66. The van der Waals surface area contributed by atoms with Crippen LogP contribution in [-0.4, -0.2) is 31.5 Å². The van der Waals surface area contributed by atoms with Gasteiger partial charge in [-0.3, -0.25) is 24.3 Å². The summed E-state index contributed by atoms with van der Waals surface area (Å²) in [5, 5.41) is 24.0. The van der Waals surface area contributed by atoms with Crippen LogP contribution < -0.4 is 10.9 Å². The van der Waals surface area contributed by atoms with Gasteiger partial charge in [0.25, 0.3) is 11.2 Å². The molecule has 10 nitrogen and oxygen atoms in total. The van der Waals surface area contributed by atoms with Crippen LogP contribution in [0.5, 0.6) is 0 Å². The maximum Gasteiger partial charge on any atom is 0.337 e. The number of hydrogen-bond donors (Lipinski definition) is 2. The van der Waals surface area contributed by atoms with Gasteiger partial charge < -0.3 is 10.4 Å². The molecule has 2 N–H and O–H groups in total. The highest BCUT2D eigenvalue weighted by Gasteiger charge is 2.20. The highest BCUT2D eigenvalue weighted by Crippen LogP contribution is 2.22. The van der Waals surface area contributed by atoms with Gasteiger partial charge in [-0.1, -0.05) is 13.0 Å². The topological polar surface area (TPSA) is 144 Å². The summed E-state index contributed by atoms with van der Waals surface area (Å²) in [6.45, 7) is 1.50. The van der Waals surface area contributed by atoms with Crippen molar-refractivity contribution in [2.75, 3.05) is 5.32 Å². The number of fused-ring (bicyclic) bond motifs is 1. The van der Waals surface area contributed by atoms with E-state index in [-0.39, 0.29) is 22.3 Å². The summed E-state index contributed by atoms with van der Waals surface area (Å²) < 4.78 is 1.15. The molecule has 0 saturated carbocycles. The molecule has 0 fully saturated rings. The smallest absolute Gasteiger partial charge is 0.337 e. The second-order valence-corrected chi connectivity index (χ2v) is 7.02. The lowest BCUT2D eigenvalue weighted by atomic mass is 10.2. The van der Waals surface area contributed by atoms with Crippen molar-refractivity contribution in [1.82, 2.24) is 9.55 Å². The van der Waals surface area contributed by atoms with E-state index in [0.29, 0.717) is 23.5 Å². The van der Waals surface area contributed by atoms with Crippen molar-refractivity contribution in [3.05, 3.63) is 61.5 Å². The molecule has 1 amide bonds. The minimum atomic E-state index is -1.24. The number of nitrogens with one attached hydrogen (secondary N) is 1. The van der Waals surface area contributed by atoms with Crippen LogP contribution in [0.4, 0.5) is 11.4 Å². The fourth-order valence-electron chi connectivity index (χ4n) is 2.84. The quantitative estimate of drug-likeness (QED) is 0.445. The second kappa shape index (κ2) is 8.19. The molecule has 150 valence electrons. The molecule has 1 aromatic carbocycles. The highest BCUT2D eigenvalue weighted by atomic mass is 32.1. The van der Waals surface area contributed by atoms with Crippen molar-refractivity contribution in [2.24, 2.45) is 0 Å². The summed E-state index contributed by atoms with van der Waals surface area (Å²) in [7, 11) is 0. The number of benzene rings is 1. The summed E-state index contributed by atoms with van der Waals surface area (Å²) in [6, 6.07) is 5.42. The Kier molecular flexibility index (Phi) is 5.69. The molecule has 0 atom stereocenters. The van der Waals surface area contributed by atoms with Gasteiger partial charge in [0, 0.05) is 29.6 Å². The van der Waals surface area contributed by atoms with E-state index in [4.69, 9.17) is 0 Å². The molecular formula is C18H16N4O6S. The van der Waals surface area contributed by atoms with Crippen LogP contribution in [0.15, 0.2) is 34.4 Å². The summed E-state index contributed by atoms with van der Waals surface area (Å²) in [4.78, 5) is 51.8. The highest BCUT2D eigenvalue weighted by molar-refractivity contribution is 7.17. The van der Waals surface area contributed by atoms with Crippen molar-refractivity contribution in [2.45, 2.75) is 26.3 Å². The van der Waals surface area contributed by atoms with E-state index in [1.807, 2.05) is 6.92 Å². The standard InChI is InChI=1S/C18H16N4O6S/c1-2-4-13-20-16-15(12(9-29-16)18(25)26)17(24)21(13)8-14(23)19-10-5-3-6-11(7-10)22(27)28/h3,5-7,9H,2,4,8H2,1H3,(H,19,23)(H,25,26). The van der Waals surface area contributed by atoms with E-state index in [0.717, 1.165) is 15.9 Å². The number of hydrogen-bond acceptors (Lipinski definition) is 7. The SMILES string of the molecule is CCCc1nc2scc(C(=O)O)c2c(=O)n1CC(=O)Nc1cccc([N+](=O)[O-])c1. The number of anilines is 1. The number of carbonyl (C=O) groups is 2. The molecule has 0 radical (unpaired) electrons. The van der Waals surface area contributed by atoms with Gasteiger partial charge in [0.2, 0.25) is 5.91 Å². The van der Waals surface area contributed by atoms with Gasteiger partial charge in [0.05, 0.1) is 15.9 Å². The number of rotatable bonds is 7. The van der Waals surface area contributed by atoms with Gasteiger partial charge in [-0.25, -0.2) is 9.78 Å². The van der Waals surface area contributed by atoms with Gasteiger partial charge in [-0.15, -0.1) is 11.3 Å². The van der Waals surface area contributed by atoms with Crippen LogP contribution in [0.1, 0.15) is 29.5 Å². The van der Waals surface area contributed by atoms with Crippen LogP contribution in [0, 0.1) is 10.1 Å². The van der Waals surface area contributed by atoms with E-state index in [1.54, 1.807) is 0 Å². The fraction of sp³-hybridized carbons (Fsp3) is 0.222. The van der Waals surface area contributed by atoms with Crippen LogP contribution in [-0.2, 0) is 17.8 Å². The zero-order valence-electron chi connectivity index (χ0n) is 15.2. The van der Waals surface area contributed by atoms with Crippen molar-refractivity contribution >= 4 is 44.8 Å². The number of carbonyl (C=O) groups excluding carboxylic acids is 1. The summed E-state index contributed by atoms with van der Waals surface area (Å²) in [5.41, 5.74) is -0.728. The molecule has 0 aliphatic heterocycles. The molecule has 0 saturated heterocycles. The lowest BCUT2D eigenvalue weighted by molar-refractivity contribution is -0.384. The molecular weight excluding hydrogens is 400 g/mol. The van der Waals surface area contributed by atoms with Crippen LogP contribution in [0.25, 0.3) is 10.2 Å². The molecule has 11 heteroatoms. The van der Waals surface area contributed by atoms with Gasteiger partial charge in [0.15, 0.2) is 0 Å².